The summed E-state index contributed by atoms with van der Waals surface area (Å²) in [6, 6.07) is 21.1. The second kappa shape index (κ2) is 9.41. The lowest BCUT2D eigenvalue weighted by molar-refractivity contribution is 0.240. The maximum atomic E-state index is 10.0. The summed E-state index contributed by atoms with van der Waals surface area (Å²) in [6.45, 7) is 2.54. The maximum absolute atomic E-state index is 10.0. The van der Waals surface area contributed by atoms with Gasteiger partial charge in [-0.2, -0.15) is 0 Å². The summed E-state index contributed by atoms with van der Waals surface area (Å²) in [5, 5.41) is 9.60. The average Bonchev–Trinajstić information content (AvgIpc) is 2.74. The Bertz CT molecular complexity index is 793. The van der Waals surface area contributed by atoms with Crippen LogP contribution in [0.5, 0.6) is 0 Å². The Hall–Kier alpha value is -2.54. The molecule has 0 aromatic heterocycles. The monoisotopic (exact) mass is 372 g/mol. The number of hydrogen-bond acceptors (Lipinski definition) is 2. The second-order valence-electron chi connectivity index (χ2n) is 6.46. The molecule has 0 spiro atoms. The van der Waals surface area contributed by atoms with Gasteiger partial charge in [-0.1, -0.05) is 90.9 Å². The Morgan fingerprint density at radius 1 is 1.04 bits per heavy atom. The van der Waals surface area contributed by atoms with E-state index in [1.54, 1.807) is 0 Å². The zero-order valence-electron chi connectivity index (χ0n) is 15.5. The van der Waals surface area contributed by atoms with Gasteiger partial charge in [-0.15, -0.1) is 0 Å². The number of allylic oxidation sites excluding steroid dienone is 3. The molecule has 1 N–H and O–H groups in total. The summed E-state index contributed by atoms with van der Waals surface area (Å²) in [6.07, 6.45) is 11.1. The van der Waals surface area contributed by atoms with Gasteiger partial charge in [0.05, 0.1) is 27.8 Å². The standard InChI is InChI=1S/C24H24O2Si/c1-2-26-18-17-24(16-10-9-15-22(24)19-25)27-23(20-11-5-3-6-12-20)21-13-7-4-8-14-21/h3-16,22-23,25H,2,19H2,1H3. The van der Waals surface area contributed by atoms with Crippen LogP contribution in [0.4, 0.5) is 0 Å². The highest BCUT2D eigenvalue weighted by molar-refractivity contribution is 6.46. The molecule has 136 valence electrons. The van der Waals surface area contributed by atoms with Gasteiger partial charge in [-0.25, -0.2) is 0 Å². The van der Waals surface area contributed by atoms with E-state index in [9.17, 15) is 5.11 Å². The van der Waals surface area contributed by atoms with Crippen molar-refractivity contribution < 1.29 is 9.84 Å². The molecule has 2 aromatic rings. The molecule has 1 aliphatic rings. The Morgan fingerprint density at radius 2 is 1.67 bits per heavy atom. The van der Waals surface area contributed by atoms with Crippen LogP contribution in [0.3, 0.4) is 0 Å². The highest BCUT2D eigenvalue weighted by Gasteiger charge is 2.38. The quantitative estimate of drug-likeness (QED) is 0.603. The van der Waals surface area contributed by atoms with Crippen molar-refractivity contribution in [2.45, 2.75) is 17.5 Å². The number of aliphatic hydroxyl groups is 1. The van der Waals surface area contributed by atoms with Crippen LogP contribution >= 0.6 is 0 Å². The molecule has 3 rings (SSSR count). The third-order valence-electron chi connectivity index (χ3n) is 4.72. The summed E-state index contributed by atoms with van der Waals surface area (Å²) < 4.78 is 5.35. The number of benzene rings is 2. The van der Waals surface area contributed by atoms with Gasteiger partial charge >= 0.3 is 0 Å². The van der Waals surface area contributed by atoms with Crippen molar-refractivity contribution in [2.75, 3.05) is 13.2 Å². The molecule has 0 aliphatic heterocycles. The number of ether oxygens (including phenoxy) is 1. The molecule has 2 unspecified atom stereocenters. The van der Waals surface area contributed by atoms with Crippen molar-refractivity contribution in [3.05, 3.63) is 96.1 Å². The molecule has 2 atom stereocenters. The lowest BCUT2D eigenvalue weighted by atomic mass is 9.88. The van der Waals surface area contributed by atoms with Crippen LogP contribution in [-0.4, -0.2) is 27.8 Å². The van der Waals surface area contributed by atoms with E-state index in [1.807, 2.05) is 31.2 Å². The molecule has 2 nitrogen and oxygen atoms in total. The summed E-state index contributed by atoms with van der Waals surface area (Å²) in [5.74, 6) is 3.30. The van der Waals surface area contributed by atoms with E-state index >= 15 is 0 Å². The summed E-state index contributed by atoms with van der Waals surface area (Å²) in [7, 11) is 0.444. The molecule has 0 bridgehead atoms. The number of hydrogen-bond donors (Lipinski definition) is 1. The van der Waals surface area contributed by atoms with Crippen LogP contribution in [0.15, 0.2) is 85.0 Å². The van der Waals surface area contributed by atoms with E-state index in [0.717, 1.165) is 0 Å². The van der Waals surface area contributed by atoms with Crippen molar-refractivity contribution in [3.63, 3.8) is 0 Å². The van der Waals surface area contributed by atoms with Crippen molar-refractivity contribution in [1.82, 2.24) is 0 Å². The zero-order chi connectivity index (χ0) is 19.0. The SMILES string of the molecule is CCOC#CC1([Si]C(c2ccccc2)c2ccccc2)C=CC=CC1CO. The molecule has 1 aliphatic carbocycles. The van der Waals surface area contributed by atoms with Crippen LogP contribution in [0, 0.1) is 17.9 Å². The van der Waals surface area contributed by atoms with Gasteiger partial charge in [-0.3, -0.25) is 0 Å². The molecule has 27 heavy (non-hydrogen) atoms. The van der Waals surface area contributed by atoms with Gasteiger partial charge in [0.15, 0.2) is 0 Å². The second-order valence-corrected chi connectivity index (χ2v) is 8.15. The van der Waals surface area contributed by atoms with Gasteiger partial charge in [0.1, 0.15) is 6.11 Å². The minimum absolute atomic E-state index is 0.0521. The van der Waals surface area contributed by atoms with Crippen molar-refractivity contribution in [3.8, 4) is 12.0 Å². The predicted octanol–water partition coefficient (Wildman–Crippen LogP) is 4.37. The first-order chi connectivity index (χ1) is 13.3. The summed E-state index contributed by atoms with van der Waals surface area (Å²) >= 11 is 0. The molecule has 0 fully saturated rings. The van der Waals surface area contributed by atoms with Crippen molar-refractivity contribution in [2.24, 2.45) is 5.92 Å². The van der Waals surface area contributed by atoms with E-state index in [2.05, 4.69) is 72.7 Å². The predicted molar refractivity (Wildman–Crippen MR) is 111 cm³/mol. The Morgan fingerprint density at radius 3 is 2.22 bits per heavy atom. The fourth-order valence-corrected chi connectivity index (χ4v) is 5.21. The molecule has 2 radical (unpaired) electrons. The largest absolute Gasteiger partial charge is 0.447 e. The fourth-order valence-electron chi connectivity index (χ4n) is 3.29. The normalized spacial score (nSPS) is 20.9. The first-order valence-electron chi connectivity index (χ1n) is 9.27. The average molecular weight is 373 g/mol. The van der Waals surface area contributed by atoms with Gasteiger partial charge < -0.3 is 9.84 Å². The van der Waals surface area contributed by atoms with E-state index in [4.69, 9.17) is 4.74 Å². The fraction of sp³-hybridized carbons (Fsp3) is 0.250. The molecular weight excluding hydrogens is 348 g/mol. The minimum atomic E-state index is -0.449. The van der Waals surface area contributed by atoms with E-state index in [1.165, 1.54) is 11.1 Å². The first-order valence-corrected chi connectivity index (χ1v) is 10.3. The van der Waals surface area contributed by atoms with Gasteiger partial charge in [-0.05, 0) is 18.1 Å². The zero-order valence-corrected chi connectivity index (χ0v) is 16.5. The first kappa shape index (κ1) is 19.2. The van der Waals surface area contributed by atoms with E-state index in [-0.39, 0.29) is 18.1 Å². The topological polar surface area (TPSA) is 29.5 Å². The molecule has 2 aromatic carbocycles. The Labute approximate surface area is 164 Å². The molecule has 0 saturated carbocycles. The van der Waals surface area contributed by atoms with Crippen LogP contribution in [0.25, 0.3) is 0 Å². The van der Waals surface area contributed by atoms with Gasteiger partial charge in [0.2, 0.25) is 0 Å². The van der Waals surface area contributed by atoms with Crippen LogP contribution in [-0.2, 0) is 4.74 Å². The van der Waals surface area contributed by atoms with Crippen molar-refractivity contribution in [1.29, 1.82) is 0 Å². The lowest BCUT2D eigenvalue weighted by Crippen LogP contribution is -2.33. The Kier molecular flexibility index (Phi) is 6.70. The van der Waals surface area contributed by atoms with Crippen LogP contribution in [0.2, 0.25) is 5.04 Å². The third-order valence-corrected chi connectivity index (χ3v) is 6.81. The number of aliphatic hydroxyl groups excluding tert-OH is 1. The maximum Gasteiger partial charge on any atom is 0.110 e. The van der Waals surface area contributed by atoms with Gasteiger partial charge in [0, 0.05) is 11.5 Å². The van der Waals surface area contributed by atoms with E-state index in [0.29, 0.717) is 16.1 Å². The summed E-state index contributed by atoms with van der Waals surface area (Å²) in [4.78, 5) is 0. The number of rotatable bonds is 6. The van der Waals surface area contributed by atoms with Gasteiger partial charge in [0.25, 0.3) is 0 Å². The molecular formula is C24H24O2Si. The highest BCUT2D eigenvalue weighted by Crippen LogP contribution is 2.44. The third kappa shape index (κ3) is 4.60. The highest BCUT2D eigenvalue weighted by atomic mass is 28.2. The summed E-state index contributed by atoms with van der Waals surface area (Å²) in [5.41, 5.74) is 2.73. The van der Waals surface area contributed by atoms with Crippen LogP contribution < -0.4 is 0 Å². The van der Waals surface area contributed by atoms with Crippen LogP contribution in [0.1, 0.15) is 23.6 Å². The smallest absolute Gasteiger partial charge is 0.110 e. The Balaban J connectivity index is 2.04. The molecule has 0 heterocycles. The molecule has 0 amide bonds. The van der Waals surface area contributed by atoms with E-state index < -0.39 is 5.04 Å². The molecule has 3 heteroatoms. The molecule has 0 saturated heterocycles. The minimum Gasteiger partial charge on any atom is -0.447 e. The lowest BCUT2D eigenvalue weighted by Gasteiger charge is -2.35. The van der Waals surface area contributed by atoms with Crippen molar-refractivity contribution >= 4 is 9.52 Å².